The molecule has 3 N–H and O–H groups in total. The van der Waals surface area contributed by atoms with Crippen molar-refractivity contribution in [3.05, 3.63) is 24.3 Å². The summed E-state index contributed by atoms with van der Waals surface area (Å²) in [7, 11) is -9.90. The van der Waals surface area contributed by atoms with Crippen molar-refractivity contribution >= 4 is 39.5 Å². The summed E-state index contributed by atoms with van der Waals surface area (Å²) in [5.74, 6) is -1.39. The number of rotatable bonds is 65. The Kier molecular flexibility index (Phi) is 58.4. The first-order valence-corrected chi connectivity index (χ1v) is 37.4. The van der Waals surface area contributed by atoms with E-state index in [1.54, 1.807) is 0 Å². The Hall–Kier alpha value is -2.46. The maximum Gasteiger partial charge on any atom is 0.472 e. The van der Waals surface area contributed by atoms with Gasteiger partial charge in [-0.25, -0.2) is 9.13 Å². The average molecular weight is 1270 g/mol. The van der Waals surface area contributed by atoms with Gasteiger partial charge in [-0.05, 0) is 57.3 Å². The molecule has 0 aliphatic heterocycles. The van der Waals surface area contributed by atoms with Gasteiger partial charge in [-0.2, -0.15) is 0 Å². The largest absolute Gasteiger partial charge is 0.472 e. The van der Waals surface area contributed by atoms with Crippen LogP contribution in [-0.2, 0) is 65.4 Å². The lowest BCUT2D eigenvalue weighted by Gasteiger charge is -2.21. The Bertz CT molecular complexity index is 1760. The molecule has 0 radical (unpaired) electrons. The van der Waals surface area contributed by atoms with Crippen molar-refractivity contribution in [2.75, 3.05) is 39.6 Å². The zero-order chi connectivity index (χ0) is 63.5. The van der Waals surface area contributed by atoms with Crippen molar-refractivity contribution in [1.82, 2.24) is 0 Å². The molecule has 0 rings (SSSR count). The molecule has 0 spiro atoms. The molecule has 0 aliphatic rings. The van der Waals surface area contributed by atoms with Gasteiger partial charge in [0.2, 0.25) is 0 Å². The van der Waals surface area contributed by atoms with E-state index in [-0.39, 0.29) is 25.7 Å². The van der Waals surface area contributed by atoms with Crippen molar-refractivity contribution in [3.63, 3.8) is 0 Å². The van der Waals surface area contributed by atoms with Crippen LogP contribution in [0.5, 0.6) is 0 Å². The quantitative estimate of drug-likeness (QED) is 0.0169. The van der Waals surface area contributed by atoms with E-state index >= 15 is 0 Å². The molecule has 0 saturated carbocycles. The van der Waals surface area contributed by atoms with Crippen LogP contribution in [0.3, 0.4) is 0 Å². The number of esters is 4. The molecule has 0 bridgehead atoms. The predicted molar refractivity (Wildman–Crippen MR) is 344 cm³/mol. The number of hydrogen-bond acceptors (Lipinski definition) is 15. The molecule has 2 unspecified atom stereocenters. The molecule has 0 amide bonds. The predicted octanol–water partition coefficient (Wildman–Crippen LogP) is 18.5. The normalized spacial score (nSPS) is 14.3. The van der Waals surface area contributed by atoms with Gasteiger partial charge in [-0.15, -0.1) is 0 Å². The summed E-state index contributed by atoms with van der Waals surface area (Å²) in [6.45, 7) is 7.07. The van der Waals surface area contributed by atoms with Gasteiger partial charge in [0.25, 0.3) is 0 Å². The maximum absolute atomic E-state index is 13.0. The Labute approximate surface area is 522 Å². The first-order chi connectivity index (χ1) is 41.5. The number of carbonyl (C=O) groups excluding carboxylic acids is 4. The summed E-state index contributed by atoms with van der Waals surface area (Å²) < 4.78 is 67.9. The third kappa shape index (κ3) is 60.5. The summed E-state index contributed by atoms with van der Waals surface area (Å²) in [4.78, 5) is 72.1. The summed E-state index contributed by atoms with van der Waals surface area (Å²) >= 11 is 0. The molecular weight excluding hydrogens is 1140 g/mol. The second kappa shape index (κ2) is 60.1. The molecule has 506 valence electrons. The maximum atomic E-state index is 13.0. The summed E-state index contributed by atoms with van der Waals surface area (Å²) in [5, 5.41) is 10.5. The zero-order valence-corrected chi connectivity index (χ0v) is 56.7. The van der Waals surface area contributed by atoms with Crippen molar-refractivity contribution < 1.29 is 80.2 Å². The van der Waals surface area contributed by atoms with Crippen molar-refractivity contribution in [2.45, 2.75) is 335 Å². The molecule has 0 saturated heterocycles. The second-order valence-electron chi connectivity index (χ2n) is 24.0. The van der Waals surface area contributed by atoms with Crippen molar-refractivity contribution in [3.8, 4) is 0 Å². The number of carbonyl (C=O) groups is 4. The number of aliphatic hydroxyl groups is 1. The number of ether oxygens (including phenoxy) is 4. The van der Waals surface area contributed by atoms with Gasteiger partial charge < -0.3 is 33.8 Å². The minimum absolute atomic E-state index is 0.0851. The zero-order valence-electron chi connectivity index (χ0n) is 54.9. The standard InChI is InChI=1S/C67H126O17P2/c1-6-9-12-15-17-19-21-22-23-24-30-34-38-43-48-53-67(72)84-63(57-78-65(70)51-46-41-36-32-29-26-25-28-31-35-40-44-49-60(4)5)59-82-86(75,76)80-55-61(68)54-79-85(73,74)81-58-62(56-77-64(69)50-45-39-14-11-8-3)83-66(71)52-47-42-37-33-27-20-18-16-13-10-7-2/h19,21-23,60-63,68H,6-18,20,24-59H2,1-5H3,(H,73,74)(H,75,76)/b21-19-,23-22-/t61-,62+,63+/m0/s1. The molecule has 0 aromatic heterocycles. The highest BCUT2D eigenvalue weighted by molar-refractivity contribution is 7.47. The van der Waals surface area contributed by atoms with Crippen LogP contribution in [0.4, 0.5) is 0 Å². The van der Waals surface area contributed by atoms with Gasteiger partial charge in [0.05, 0.1) is 26.4 Å². The Morgan fingerprint density at radius 3 is 0.953 bits per heavy atom. The van der Waals surface area contributed by atoms with Gasteiger partial charge in [0.15, 0.2) is 12.2 Å². The van der Waals surface area contributed by atoms with E-state index in [1.165, 1.54) is 122 Å². The van der Waals surface area contributed by atoms with Crippen LogP contribution in [-0.4, -0.2) is 96.7 Å². The lowest BCUT2D eigenvalue weighted by Crippen LogP contribution is -2.30. The number of phosphoric acid groups is 2. The van der Waals surface area contributed by atoms with Crippen LogP contribution in [0, 0.1) is 5.92 Å². The second-order valence-corrected chi connectivity index (χ2v) is 26.9. The summed E-state index contributed by atoms with van der Waals surface area (Å²) in [6, 6.07) is 0. The van der Waals surface area contributed by atoms with E-state index in [0.717, 1.165) is 115 Å². The highest BCUT2D eigenvalue weighted by Crippen LogP contribution is 2.45. The topological polar surface area (TPSA) is 237 Å². The molecule has 0 heterocycles. The van der Waals surface area contributed by atoms with Gasteiger partial charge in [-0.3, -0.25) is 37.3 Å². The van der Waals surface area contributed by atoms with Crippen molar-refractivity contribution in [1.29, 1.82) is 0 Å². The summed E-state index contributed by atoms with van der Waals surface area (Å²) in [5.41, 5.74) is 0. The fourth-order valence-corrected chi connectivity index (χ4v) is 11.2. The summed E-state index contributed by atoms with van der Waals surface area (Å²) in [6.07, 6.45) is 48.3. The van der Waals surface area contributed by atoms with E-state index in [1.807, 2.05) is 0 Å². The molecule has 19 heteroatoms. The van der Waals surface area contributed by atoms with Crippen LogP contribution in [0.25, 0.3) is 0 Å². The van der Waals surface area contributed by atoms with Gasteiger partial charge in [-0.1, -0.05) is 264 Å². The first kappa shape index (κ1) is 83.5. The lowest BCUT2D eigenvalue weighted by molar-refractivity contribution is -0.161. The highest BCUT2D eigenvalue weighted by Gasteiger charge is 2.30. The van der Waals surface area contributed by atoms with E-state index < -0.39 is 97.5 Å². The molecule has 86 heavy (non-hydrogen) atoms. The van der Waals surface area contributed by atoms with E-state index in [4.69, 9.17) is 37.0 Å². The fraction of sp³-hybridized carbons (Fsp3) is 0.881. The number of unbranched alkanes of at least 4 members (excludes halogenated alkanes) is 34. The van der Waals surface area contributed by atoms with Gasteiger partial charge in [0.1, 0.15) is 19.3 Å². The van der Waals surface area contributed by atoms with Crippen LogP contribution < -0.4 is 0 Å². The Morgan fingerprint density at radius 2 is 0.628 bits per heavy atom. The van der Waals surface area contributed by atoms with E-state index in [0.29, 0.717) is 25.7 Å². The molecule has 17 nitrogen and oxygen atoms in total. The lowest BCUT2D eigenvalue weighted by atomic mass is 10.0. The van der Waals surface area contributed by atoms with E-state index in [9.17, 15) is 43.2 Å². The minimum atomic E-state index is -4.95. The molecule has 0 fully saturated rings. The van der Waals surface area contributed by atoms with Crippen LogP contribution >= 0.6 is 15.6 Å². The Morgan fingerprint density at radius 1 is 0.360 bits per heavy atom. The number of phosphoric ester groups is 2. The third-order valence-corrected chi connectivity index (χ3v) is 16.8. The fourth-order valence-electron chi connectivity index (χ4n) is 9.57. The number of hydrogen-bond donors (Lipinski definition) is 3. The average Bonchev–Trinajstić information content (AvgIpc) is 3.55. The molecule has 0 aliphatic carbocycles. The minimum Gasteiger partial charge on any atom is -0.462 e. The van der Waals surface area contributed by atoms with Crippen molar-refractivity contribution in [2.24, 2.45) is 5.92 Å². The number of aliphatic hydroxyl groups excluding tert-OH is 1. The molecule has 5 atom stereocenters. The number of allylic oxidation sites excluding steroid dienone is 4. The smallest absolute Gasteiger partial charge is 0.462 e. The first-order valence-electron chi connectivity index (χ1n) is 34.5. The monoisotopic (exact) mass is 1260 g/mol. The van der Waals surface area contributed by atoms with Gasteiger partial charge >= 0.3 is 39.5 Å². The van der Waals surface area contributed by atoms with Crippen LogP contribution in [0.2, 0.25) is 0 Å². The molecular formula is C67H126O17P2. The highest BCUT2D eigenvalue weighted by atomic mass is 31.2. The molecule has 0 aromatic carbocycles. The van der Waals surface area contributed by atoms with Crippen LogP contribution in [0.15, 0.2) is 24.3 Å². The van der Waals surface area contributed by atoms with E-state index in [2.05, 4.69) is 58.9 Å². The van der Waals surface area contributed by atoms with Gasteiger partial charge in [0, 0.05) is 25.7 Å². The van der Waals surface area contributed by atoms with Crippen LogP contribution in [0.1, 0.15) is 317 Å². The molecule has 0 aromatic rings. The SMILES string of the molecule is CCCCCC/C=C\C=C/CCCCCCCC(=O)O[C@H](COC(=O)CCCCCCCCCCCCCCC(C)C)COP(=O)(O)OC[C@@H](O)COP(=O)(O)OC[C@@H](COC(=O)CCCCCCC)OC(=O)CCCCCCCCCCCCC. The Balaban J connectivity index is 5.21. The third-order valence-electron chi connectivity index (χ3n) is 14.9.